The molecule has 8 heteroatoms. The monoisotopic (exact) mass is 411 g/mol. The first-order valence-corrected chi connectivity index (χ1v) is 9.30. The van der Waals surface area contributed by atoms with E-state index in [1.807, 2.05) is 37.5 Å². The number of amides is 2. The van der Waals surface area contributed by atoms with Crippen LogP contribution in [-0.2, 0) is 14.3 Å². The van der Waals surface area contributed by atoms with Gasteiger partial charge in [0, 0.05) is 24.1 Å². The molecule has 1 aromatic carbocycles. The lowest BCUT2D eigenvalue weighted by Gasteiger charge is -2.25. The van der Waals surface area contributed by atoms with Gasteiger partial charge in [-0.25, -0.2) is 4.79 Å². The fraction of sp³-hybridized carbons (Fsp3) is 0.238. The lowest BCUT2D eigenvalue weighted by molar-refractivity contribution is -0.128. The number of methoxy groups -OCH3 is 1. The van der Waals surface area contributed by atoms with Crippen LogP contribution in [0.4, 0.5) is 0 Å². The number of nitrogens with one attached hydrogen (secondary N) is 1. The average molecular weight is 411 g/mol. The molecular weight excluding hydrogens is 390 g/mol. The summed E-state index contributed by atoms with van der Waals surface area (Å²) in [5.41, 5.74) is 4.55. The zero-order chi connectivity index (χ0) is 21.5. The van der Waals surface area contributed by atoms with E-state index >= 15 is 0 Å². The molecule has 0 unspecified atom stereocenters. The summed E-state index contributed by atoms with van der Waals surface area (Å²) in [4.78, 5) is 38.0. The van der Waals surface area contributed by atoms with E-state index in [2.05, 4.69) is 5.32 Å². The number of hydrogen-bond donors (Lipinski definition) is 1. The summed E-state index contributed by atoms with van der Waals surface area (Å²) >= 11 is 4.98. The number of aromatic nitrogens is 1. The fourth-order valence-corrected chi connectivity index (χ4v) is 3.58. The van der Waals surface area contributed by atoms with E-state index in [1.54, 1.807) is 18.2 Å². The van der Waals surface area contributed by atoms with Crippen molar-refractivity contribution >= 4 is 41.2 Å². The van der Waals surface area contributed by atoms with E-state index in [9.17, 15) is 14.4 Å². The molecule has 1 aliphatic rings. The highest BCUT2D eigenvalue weighted by Gasteiger charge is 2.31. The van der Waals surface area contributed by atoms with Crippen molar-refractivity contribution in [3.05, 3.63) is 57.9 Å². The maximum absolute atomic E-state index is 12.5. The lowest BCUT2D eigenvalue weighted by Crippen LogP contribution is -2.52. The second kappa shape index (κ2) is 7.63. The smallest absolute Gasteiger partial charge is 0.338 e. The predicted octanol–water partition coefficient (Wildman–Crippen LogP) is 2.45. The number of nitrogens with zero attached hydrogens (tertiary/aromatic N) is 2. The molecule has 1 saturated heterocycles. The van der Waals surface area contributed by atoms with Crippen LogP contribution < -0.4 is 5.32 Å². The second-order valence-corrected chi connectivity index (χ2v) is 7.17. The predicted molar refractivity (Wildman–Crippen MR) is 113 cm³/mol. The van der Waals surface area contributed by atoms with Crippen molar-refractivity contribution in [3.63, 3.8) is 0 Å². The second-order valence-electron chi connectivity index (χ2n) is 6.78. The topological polar surface area (TPSA) is 80.6 Å². The van der Waals surface area contributed by atoms with Gasteiger partial charge >= 0.3 is 5.97 Å². The third kappa shape index (κ3) is 3.47. The molecule has 2 aromatic rings. The molecule has 150 valence electrons. The van der Waals surface area contributed by atoms with Crippen LogP contribution in [0.1, 0.15) is 32.9 Å². The van der Waals surface area contributed by atoms with Crippen LogP contribution in [0.5, 0.6) is 0 Å². The van der Waals surface area contributed by atoms with Crippen molar-refractivity contribution in [2.45, 2.75) is 20.8 Å². The highest BCUT2D eigenvalue weighted by Crippen LogP contribution is 2.27. The third-order valence-corrected chi connectivity index (χ3v) is 5.40. The first-order chi connectivity index (χ1) is 13.7. The Hall–Kier alpha value is -3.26. The SMILES string of the molecule is COC(=O)c1cccc(-n2c(C)cc(C=C3C(=O)NC(=S)N(C)C3=O)c2C)c1C. The van der Waals surface area contributed by atoms with E-state index in [-0.39, 0.29) is 10.7 Å². The molecule has 2 amide bonds. The molecule has 0 aliphatic carbocycles. The Morgan fingerprint density at radius 3 is 2.55 bits per heavy atom. The molecule has 0 radical (unpaired) electrons. The number of esters is 1. The Morgan fingerprint density at radius 2 is 1.90 bits per heavy atom. The third-order valence-electron chi connectivity index (χ3n) is 5.03. The maximum atomic E-state index is 12.5. The summed E-state index contributed by atoms with van der Waals surface area (Å²) < 4.78 is 6.84. The number of aryl methyl sites for hydroxylation is 1. The zero-order valence-electron chi connectivity index (χ0n) is 16.8. The number of rotatable bonds is 3. The van der Waals surface area contributed by atoms with E-state index in [1.165, 1.54) is 19.1 Å². The van der Waals surface area contributed by atoms with Gasteiger partial charge < -0.3 is 9.30 Å². The summed E-state index contributed by atoms with van der Waals surface area (Å²) in [5.74, 6) is -1.38. The van der Waals surface area contributed by atoms with E-state index in [4.69, 9.17) is 17.0 Å². The number of carbonyl (C=O) groups excluding carboxylic acids is 3. The van der Waals surface area contributed by atoms with Gasteiger partial charge in [0.05, 0.1) is 12.7 Å². The number of ether oxygens (including phenoxy) is 1. The molecule has 7 nitrogen and oxygen atoms in total. The Morgan fingerprint density at radius 1 is 1.21 bits per heavy atom. The number of likely N-dealkylation sites (N-methyl/N-ethyl adjacent to an activating group) is 1. The molecule has 29 heavy (non-hydrogen) atoms. The highest BCUT2D eigenvalue weighted by molar-refractivity contribution is 7.80. The molecule has 0 spiro atoms. The van der Waals surface area contributed by atoms with Gasteiger partial charge in [-0.1, -0.05) is 6.07 Å². The molecule has 1 aliphatic heterocycles. The summed E-state index contributed by atoms with van der Waals surface area (Å²) in [7, 11) is 2.86. The summed E-state index contributed by atoms with van der Waals surface area (Å²) in [5, 5.41) is 2.59. The molecule has 1 fully saturated rings. The van der Waals surface area contributed by atoms with Crippen molar-refractivity contribution in [2.24, 2.45) is 0 Å². The largest absolute Gasteiger partial charge is 0.465 e. The van der Waals surface area contributed by atoms with Crippen LogP contribution in [-0.4, -0.2) is 46.5 Å². The van der Waals surface area contributed by atoms with Crippen molar-refractivity contribution in [1.82, 2.24) is 14.8 Å². The average Bonchev–Trinajstić information content (AvgIpc) is 2.96. The number of benzene rings is 1. The maximum Gasteiger partial charge on any atom is 0.338 e. The molecule has 0 atom stereocenters. The minimum absolute atomic E-state index is 0.0152. The van der Waals surface area contributed by atoms with Gasteiger partial charge in [-0.15, -0.1) is 0 Å². The Labute approximate surface area is 173 Å². The van der Waals surface area contributed by atoms with Crippen molar-refractivity contribution < 1.29 is 19.1 Å². The summed E-state index contributed by atoms with van der Waals surface area (Å²) in [6.07, 6.45) is 1.56. The van der Waals surface area contributed by atoms with Crippen LogP contribution in [0, 0.1) is 20.8 Å². The van der Waals surface area contributed by atoms with Crippen LogP contribution in [0.15, 0.2) is 29.8 Å². The first-order valence-electron chi connectivity index (χ1n) is 8.89. The Balaban J connectivity index is 2.12. The van der Waals surface area contributed by atoms with Gasteiger partial charge in [0.25, 0.3) is 11.8 Å². The number of thiocarbonyl (C=S) groups is 1. The van der Waals surface area contributed by atoms with Crippen molar-refractivity contribution in [2.75, 3.05) is 14.2 Å². The standard InChI is InChI=1S/C21H21N3O4S/c1-11-9-14(10-16-18(25)22-21(29)23(4)19(16)26)13(3)24(11)17-8-6-7-15(12(17)2)20(27)28-5/h6-10H,1-5H3,(H,22,25,29). The van der Waals surface area contributed by atoms with Crippen molar-refractivity contribution in [1.29, 1.82) is 0 Å². The Kier molecular flexibility index (Phi) is 5.39. The minimum Gasteiger partial charge on any atom is -0.465 e. The van der Waals surface area contributed by atoms with Gasteiger partial charge in [0.2, 0.25) is 0 Å². The molecule has 2 heterocycles. The van der Waals surface area contributed by atoms with E-state index in [0.717, 1.165) is 28.2 Å². The van der Waals surface area contributed by atoms with E-state index < -0.39 is 17.8 Å². The van der Waals surface area contributed by atoms with Gasteiger partial charge in [-0.2, -0.15) is 0 Å². The minimum atomic E-state index is -0.522. The summed E-state index contributed by atoms with van der Waals surface area (Å²) in [6.45, 7) is 5.67. The van der Waals surface area contributed by atoms with E-state index in [0.29, 0.717) is 5.56 Å². The van der Waals surface area contributed by atoms with Crippen LogP contribution in [0.25, 0.3) is 11.8 Å². The van der Waals surface area contributed by atoms with Gasteiger partial charge in [0.1, 0.15) is 5.57 Å². The normalized spacial score (nSPS) is 15.7. The Bertz CT molecular complexity index is 1100. The fourth-order valence-electron chi connectivity index (χ4n) is 3.40. The molecule has 0 bridgehead atoms. The molecule has 0 saturated carbocycles. The van der Waals surface area contributed by atoms with Gasteiger partial charge in [0.15, 0.2) is 5.11 Å². The lowest BCUT2D eigenvalue weighted by atomic mass is 10.1. The molecular formula is C21H21N3O4S. The highest BCUT2D eigenvalue weighted by atomic mass is 32.1. The van der Waals surface area contributed by atoms with Crippen LogP contribution in [0.3, 0.4) is 0 Å². The molecule has 1 N–H and O–H groups in total. The van der Waals surface area contributed by atoms with Crippen LogP contribution in [0.2, 0.25) is 0 Å². The number of carbonyl (C=O) groups is 3. The zero-order valence-corrected chi connectivity index (χ0v) is 17.6. The van der Waals surface area contributed by atoms with Crippen molar-refractivity contribution in [3.8, 4) is 5.69 Å². The van der Waals surface area contributed by atoms with Gasteiger partial charge in [-0.05, 0) is 68.4 Å². The quantitative estimate of drug-likeness (QED) is 0.363. The first kappa shape index (κ1) is 20.5. The van der Waals surface area contributed by atoms with Gasteiger partial charge in [-0.3, -0.25) is 19.8 Å². The molecule has 3 rings (SSSR count). The number of hydrogen-bond acceptors (Lipinski definition) is 5. The molecule has 1 aromatic heterocycles. The van der Waals surface area contributed by atoms with Crippen LogP contribution >= 0.6 is 12.2 Å². The summed E-state index contributed by atoms with van der Waals surface area (Å²) in [6, 6.07) is 7.30.